The van der Waals surface area contributed by atoms with Crippen LogP contribution in [0.2, 0.25) is 0 Å². The molecular weight excluding hydrogens is 304 g/mol. The van der Waals surface area contributed by atoms with Gasteiger partial charge < -0.3 is 9.52 Å². The largest absolute Gasteiger partial charge is 0.472 e. The van der Waals surface area contributed by atoms with Crippen LogP contribution in [0.4, 0.5) is 8.78 Å². The number of benzene rings is 1. The molecule has 2 aromatic rings. The molecule has 0 fully saturated rings. The summed E-state index contributed by atoms with van der Waals surface area (Å²) in [5, 5.41) is 9.75. The highest BCUT2D eigenvalue weighted by Crippen LogP contribution is 2.17. The van der Waals surface area contributed by atoms with Crippen LogP contribution in [0, 0.1) is 11.6 Å². The topological polar surface area (TPSA) is 79.5 Å². The van der Waals surface area contributed by atoms with Gasteiger partial charge in [0.25, 0.3) is 0 Å². The van der Waals surface area contributed by atoms with Crippen molar-refractivity contribution in [3.63, 3.8) is 0 Å². The fourth-order valence-electron chi connectivity index (χ4n) is 1.69. The highest BCUT2D eigenvalue weighted by atomic mass is 32.2. The molecule has 1 heterocycles. The molecule has 1 atom stereocenters. The van der Waals surface area contributed by atoms with Gasteiger partial charge in [-0.1, -0.05) is 0 Å². The van der Waals surface area contributed by atoms with Gasteiger partial charge in [0.2, 0.25) is 10.0 Å². The van der Waals surface area contributed by atoms with E-state index in [1.54, 1.807) is 6.07 Å². The van der Waals surface area contributed by atoms with Crippen molar-refractivity contribution in [1.29, 1.82) is 0 Å². The number of aliphatic hydroxyl groups excluding tert-OH is 1. The van der Waals surface area contributed by atoms with Gasteiger partial charge in [-0.2, -0.15) is 0 Å². The third-order valence-electron chi connectivity index (χ3n) is 2.84. The fraction of sp³-hybridized carbons (Fsp3) is 0.231. The minimum absolute atomic E-state index is 0.0618. The maximum atomic E-state index is 13.0. The van der Waals surface area contributed by atoms with Crippen LogP contribution >= 0.6 is 0 Å². The van der Waals surface area contributed by atoms with E-state index >= 15 is 0 Å². The first kappa shape index (κ1) is 15.6. The van der Waals surface area contributed by atoms with Crippen molar-refractivity contribution < 1.29 is 26.7 Å². The van der Waals surface area contributed by atoms with E-state index in [4.69, 9.17) is 4.42 Å². The Balaban J connectivity index is 1.96. The zero-order valence-corrected chi connectivity index (χ0v) is 11.6. The summed E-state index contributed by atoms with van der Waals surface area (Å²) >= 11 is 0. The van der Waals surface area contributed by atoms with Crippen LogP contribution in [-0.2, 0) is 10.0 Å². The average molecular weight is 317 g/mol. The number of furan rings is 1. The number of hydrogen-bond donors (Lipinski definition) is 2. The van der Waals surface area contributed by atoms with E-state index in [0.717, 1.165) is 12.1 Å². The second-order valence-corrected chi connectivity index (χ2v) is 6.10. The van der Waals surface area contributed by atoms with Crippen LogP contribution in [0.15, 0.2) is 46.1 Å². The van der Waals surface area contributed by atoms with Crippen LogP contribution in [0.3, 0.4) is 0 Å². The van der Waals surface area contributed by atoms with Gasteiger partial charge in [0, 0.05) is 12.1 Å². The summed E-state index contributed by atoms with van der Waals surface area (Å²) in [4.78, 5) is -0.376. The zero-order chi connectivity index (χ0) is 15.5. The fourth-order valence-corrected chi connectivity index (χ4v) is 2.75. The lowest BCUT2D eigenvalue weighted by Gasteiger charge is -2.10. The number of nitrogens with one attached hydrogen (secondary N) is 1. The third kappa shape index (κ3) is 3.87. The molecule has 0 aliphatic heterocycles. The summed E-state index contributed by atoms with van der Waals surface area (Å²) < 4.78 is 56.5. The number of halogens is 2. The Morgan fingerprint density at radius 2 is 2.00 bits per heavy atom. The van der Waals surface area contributed by atoms with Gasteiger partial charge in [0.15, 0.2) is 11.6 Å². The maximum Gasteiger partial charge on any atom is 0.240 e. The molecule has 8 heteroatoms. The highest BCUT2D eigenvalue weighted by molar-refractivity contribution is 7.89. The quantitative estimate of drug-likeness (QED) is 0.853. The highest BCUT2D eigenvalue weighted by Gasteiger charge is 2.17. The molecule has 0 bridgehead atoms. The lowest BCUT2D eigenvalue weighted by Crippen LogP contribution is -2.26. The molecule has 0 radical (unpaired) electrons. The minimum Gasteiger partial charge on any atom is -0.472 e. The molecule has 0 aliphatic rings. The molecule has 2 rings (SSSR count). The van der Waals surface area contributed by atoms with Crippen molar-refractivity contribution in [2.24, 2.45) is 0 Å². The number of hydrogen-bond acceptors (Lipinski definition) is 4. The van der Waals surface area contributed by atoms with E-state index in [2.05, 4.69) is 4.72 Å². The first-order valence-electron chi connectivity index (χ1n) is 6.05. The molecule has 5 nitrogen and oxygen atoms in total. The summed E-state index contributed by atoms with van der Waals surface area (Å²) in [6, 6.07) is 3.87. The van der Waals surface area contributed by atoms with Crippen molar-refractivity contribution >= 4 is 10.0 Å². The van der Waals surface area contributed by atoms with Crippen LogP contribution in [-0.4, -0.2) is 20.1 Å². The van der Waals surface area contributed by atoms with E-state index < -0.39 is 27.8 Å². The van der Waals surface area contributed by atoms with Gasteiger partial charge in [-0.05, 0) is 30.7 Å². The molecule has 0 saturated carbocycles. The van der Waals surface area contributed by atoms with Crippen LogP contribution in [0.1, 0.15) is 18.1 Å². The van der Waals surface area contributed by atoms with E-state index in [1.165, 1.54) is 12.5 Å². The Morgan fingerprint density at radius 1 is 1.24 bits per heavy atom. The molecule has 1 aromatic heterocycles. The minimum atomic E-state index is -3.96. The second kappa shape index (κ2) is 6.33. The smallest absolute Gasteiger partial charge is 0.240 e. The lowest BCUT2D eigenvalue weighted by atomic mass is 10.1. The molecule has 0 amide bonds. The molecule has 0 saturated heterocycles. The van der Waals surface area contributed by atoms with Gasteiger partial charge in [0.1, 0.15) is 0 Å². The first-order valence-corrected chi connectivity index (χ1v) is 7.53. The molecule has 0 aliphatic carbocycles. The number of rotatable bonds is 6. The Bertz CT molecular complexity index is 701. The molecule has 114 valence electrons. The average Bonchev–Trinajstić information content (AvgIpc) is 2.95. The summed E-state index contributed by atoms with van der Waals surface area (Å²) in [6.45, 7) is -0.0618. The Morgan fingerprint density at radius 3 is 2.62 bits per heavy atom. The monoisotopic (exact) mass is 317 g/mol. The summed E-state index contributed by atoms with van der Waals surface area (Å²) in [7, 11) is -3.96. The van der Waals surface area contributed by atoms with Crippen LogP contribution in [0.25, 0.3) is 0 Å². The summed E-state index contributed by atoms with van der Waals surface area (Å²) in [5.41, 5.74) is 0.530. The number of aliphatic hydroxyl groups is 1. The zero-order valence-electron chi connectivity index (χ0n) is 10.8. The predicted octanol–water partition coefficient (Wildman–Crippen LogP) is 1.96. The van der Waals surface area contributed by atoms with Crippen molar-refractivity contribution in [3.8, 4) is 0 Å². The van der Waals surface area contributed by atoms with Gasteiger partial charge >= 0.3 is 0 Å². The van der Waals surface area contributed by atoms with Gasteiger partial charge in [-0.3, -0.25) is 0 Å². The number of sulfonamides is 1. The van der Waals surface area contributed by atoms with Gasteiger partial charge in [-0.25, -0.2) is 21.9 Å². The summed E-state index contributed by atoms with van der Waals surface area (Å²) in [5.74, 6) is -2.36. The summed E-state index contributed by atoms with van der Waals surface area (Å²) in [6.07, 6.45) is 1.98. The Labute approximate surface area is 120 Å². The van der Waals surface area contributed by atoms with E-state index in [-0.39, 0.29) is 17.9 Å². The third-order valence-corrected chi connectivity index (χ3v) is 4.30. The van der Waals surface area contributed by atoms with Crippen molar-refractivity contribution in [2.45, 2.75) is 17.4 Å². The van der Waals surface area contributed by atoms with Crippen LogP contribution in [0.5, 0.6) is 0 Å². The molecule has 1 unspecified atom stereocenters. The molecular formula is C13H13F2NO4S. The second-order valence-electron chi connectivity index (χ2n) is 4.33. The van der Waals surface area contributed by atoms with E-state index in [0.29, 0.717) is 11.6 Å². The molecule has 0 spiro atoms. The van der Waals surface area contributed by atoms with Gasteiger partial charge in [0.05, 0.1) is 23.5 Å². The van der Waals surface area contributed by atoms with Crippen molar-refractivity contribution in [1.82, 2.24) is 4.72 Å². The van der Waals surface area contributed by atoms with Crippen LogP contribution < -0.4 is 4.72 Å². The molecule has 21 heavy (non-hydrogen) atoms. The van der Waals surface area contributed by atoms with E-state index in [9.17, 15) is 22.3 Å². The predicted molar refractivity (Wildman–Crippen MR) is 69.8 cm³/mol. The van der Waals surface area contributed by atoms with Gasteiger partial charge in [-0.15, -0.1) is 0 Å². The van der Waals surface area contributed by atoms with E-state index in [1.807, 2.05) is 0 Å². The normalized spacial score (nSPS) is 13.3. The Hall–Kier alpha value is -1.77. The lowest BCUT2D eigenvalue weighted by molar-refractivity contribution is 0.168. The molecule has 2 N–H and O–H groups in total. The van der Waals surface area contributed by atoms with Crippen molar-refractivity contribution in [3.05, 3.63) is 54.0 Å². The SMILES string of the molecule is O=S(=O)(NCCC(O)c1ccoc1)c1ccc(F)c(F)c1. The Kier molecular flexibility index (Phi) is 4.71. The standard InChI is InChI=1S/C13H13F2NO4S/c14-11-2-1-10(7-12(11)15)21(18,19)16-5-3-13(17)9-4-6-20-8-9/h1-2,4,6-8,13,16-17H,3,5H2. The molecule has 1 aromatic carbocycles. The first-order chi connectivity index (χ1) is 9.90. The maximum absolute atomic E-state index is 13.0. The van der Waals surface area contributed by atoms with Crippen molar-refractivity contribution in [2.75, 3.05) is 6.54 Å².